The topological polar surface area (TPSA) is 53.6 Å². The summed E-state index contributed by atoms with van der Waals surface area (Å²) in [5.74, 6) is 0.901. The molecule has 0 saturated carbocycles. The molecule has 1 aliphatic heterocycles. The van der Waals surface area contributed by atoms with Gasteiger partial charge in [-0.2, -0.15) is 0 Å². The molecule has 1 aliphatic rings. The van der Waals surface area contributed by atoms with Crippen LogP contribution in [0.1, 0.15) is 33.1 Å². The zero-order valence-electron chi connectivity index (χ0n) is 13.3. The van der Waals surface area contributed by atoms with Gasteiger partial charge in [-0.3, -0.25) is 9.69 Å². The SMILES string of the molecule is COCCCNC(=O)CN1CCC(CNC(C)C)CC1. The van der Waals surface area contributed by atoms with Crippen molar-refractivity contribution in [2.75, 3.05) is 46.4 Å². The van der Waals surface area contributed by atoms with Crippen LogP contribution in [0.2, 0.25) is 0 Å². The van der Waals surface area contributed by atoms with Gasteiger partial charge in [0.15, 0.2) is 0 Å². The molecule has 0 bridgehead atoms. The van der Waals surface area contributed by atoms with Crippen LogP contribution in [-0.4, -0.2) is 63.3 Å². The van der Waals surface area contributed by atoms with Gasteiger partial charge in [0.05, 0.1) is 6.54 Å². The lowest BCUT2D eigenvalue weighted by molar-refractivity contribution is -0.122. The summed E-state index contributed by atoms with van der Waals surface area (Å²) in [6.45, 7) is 9.50. The number of ether oxygens (including phenoxy) is 1. The van der Waals surface area contributed by atoms with Crippen LogP contribution >= 0.6 is 0 Å². The zero-order valence-corrected chi connectivity index (χ0v) is 13.3. The number of carbonyl (C=O) groups is 1. The first-order valence-corrected chi connectivity index (χ1v) is 7.83. The predicted molar refractivity (Wildman–Crippen MR) is 81.8 cm³/mol. The fourth-order valence-electron chi connectivity index (χ4n) is 2.45. The molecule has 1 rings (SSSR count). The van der Waals surface area contributed by atoms with E-state index in [-0.39, 0.29) is 5.91 Å². The summed E-state index contributed by atoms with van der Waals surface area (Å²) in [6.07, 6.45) is 3.26. The first-order chi connectivity index (χ1) is 9.61. The molecule has 0 radical (unpaired) electrons. The summed E-state index contributed by atoms with van der Waals surface area (Å²) in [7, 11) is 1.68. The largest absolute Gasteiger partial charge is 0.385 e. The van der Waals surface area contributed by atoms with Crippen molar-refractivity contribution < 1.29 is 9.53 Å². The van der Waals surface area contributed by atoms with E-state index in [0.29, 0.717) is 25.7 Å². The molecule has 0 atom stereocenters. The molecule has 0 aromatic heterocycles. The van der Waals surface area contributed by atoms with E-state index in [9.17, 15) is 4.79 Å². The first-order valence-electron chi connectivity index (χ1n) is 7.83. The Hall–Kier alpha value is -0.650. The zero-order chi connectivity index (χ0) is 14.8. The maximum absolute atomic E-state index is 11.8. The van der Waals surface area contributed by atoms with Crippen LogP contribution in [0, 0.1) is 5.92 Å². The van der Waals surface area contributed by atoms with Crippen molar-refractivity contribution in [1.82, 2.24) is 15.5 Å². The van der Waals surface area contributed by atoms with E-state index in [4.69, 9.17) is 4.74 Å². The van der Waals surface area contributed by atoms with Crippen molar-refractivity contribution in [2.24, 2.45) is 5.92 Å². The van der Waals surface area contributed by atoms with E-state index in [0.717, 1.165) is 32.0 Å². The molecule has 1 saturated heterocycles. The van der Waals surface area contributed by atoms with E-state index in [1.165, 1.54) is 12.8 Å². The fraction of sp³-hybridized carbons (Fsp3) is 0.933. The summed E-state index contributed by atoms with van der Waals surface area (Å²) in [5, 5.41) is 6.44. The Labute approximate surface area is 123 Å². The van der Waals surface area contributed by atoms with E-state index >= 15 is 0 Å². The van der Waals surface area contributed by atoms with E-state index in [1.807, 2.05) is 0 Å². The first kappa shape index (κ1) is 17.4. The highest BCUT2D eigenvalue weighted by Crippen LogP contribution is 2.16. The summed E-state index contributed by atoms with van der Waals surface area (Å²) in [5.41, 5.74) is 0. The third kappa shape index (κ3) is 7.82. The van der Waals surface area contributed by atoms with Gasteiger partial charge in [0.1, 0.15) is 0 Å². The smallest absolute Gasteiger partial charge is 0.234 e. The number of rotatable bonds is 9. The molecule has 0 spiro atoms. The van der Waals surface area contributed by atoms with Crippen LogP contribution in [0.3, 0.4) is 0 Å². The second-order valence-corrected chi connectivity index (χ2v) is 5.98. The molecule has 118 valence electrons. The van der Waals surface area contributed by atoms with Crippen molar-refractivity contribution in [3.63, 3.8) is 0 Å². The van der Waals surface area contributed by atoms with Gasteiger partial charge in [0, 0.05) is 26.3 Å². The fourth-order valence-corrected chi connectivity index (χ4v) is 2.45. The van der Waals surface area contributed by atoms with Gasteiger partial charge >= 0.3 is 0 Å². The van der Waals surface area contributed by atoms with Crippen molar-refractivity contribution in [3.8, 4) is 0 Å². The van der Waals surface area contributed by atoms with Gasteiger partial charge in [-0.1, -0.05) is 13.8 Å². The summed E-state index contributed by atoms with van der Waals surface area (Å²) >= 11 is 0. The molecule has 1 amide bonds. The highest BCUT2D eigenvalue weighted by atomic mass is 16.5. The Kier molecular flexibility index (Phi) is 8.82. The van der Waals surface area contributed by atoms with Crippen LogP contribution in [0.15, 0.2) is 0 Å². The number of carbonyl (C=O) groups excluding carboxylic acids is 1. The maximum Gasteiger partial charge on any atom is 0.234 e. The van der Waals surface area contributed by atoms with Crippen molar-refractivity contribution in [3.05, 3.63) is 0 Å². The molecule has 0 unspecified atom stereocenters. The molecule has 0 aromatic carbocycles. The summed E-state index contributed by atoms with van der Waals surface area (Å²) < 4.78 is 4.96. The third-order valence-corrected chi connectivity index (χ3v) is 3.74. The number of methoxy groups -OCH3 is 1. The molecule has 5 heteroatoms. The van der Waals surface area contributed by atoms with Gasteiger partial charge < -0.3 is 15.4 Å². The highest BCUT2D eigenvalue weighted by Gasteiger charge is 2.20. The van der Waals surface area contributed by atoms with Crippen LogP contribution in [-0.2, 0) is 9.53 Å². The van der Waals surface area contributed by atoms with Gasteiger partial charge in [-0.05, 0) is 44.8 Å². The molecule has 1 fully saturated rings. The Bertz CT molecular complexity index is 264. The Morgan fingerprint density at radius 3 is 2.65 bits per heavy atom. The lowest BCUT2D eigenvalue weighted by Crippen LogP contribution is -2.43. The number of nitrogens with zero attached hydrogens (tertiary/aromatic N) is 1. The van der Waals surface area contributed by atoms with E-state index in [1.54, 1.807) is 7.11 Å². The predicted octanol–water partition coefficient (Wildman–Crippen LogP) is 0.849. The minimum atomic E-state index is 0.139. The minimum Gasteiger partial charge on any atom is -0.385 e. The Balaban J connectivity index is 2.07. The number of nitrogens with one attached hydrogen (secondary N) is 2. The normalized spacial score (nSPS) is 17.6. The van der Waals surface area contributed by atoms with Crippen LogP contribution in [0.4, 0.5) is 0 Å². The number of likely N-dealkylation sites (tertiary alicyclic amines) is 1. The van der Waals surface area contributed by atoms with Crippen LogP contribution in [0.5, 0.6) is 0 Å². The second kappa shape index (κ2) is 10.1. The summed E-state index contributed by atoms with van der Waals surface area (Å²) in [6, 6.07) is 0.561. The van der Waals surface area contributed by atoms with Gasteiger partial charge in [-0.25, -0.2) is 0 Å². The lowest BCUT2D eigenvalue weighted by Gasteiger charge is -2.31. The molecular formula is C15H31N3O2. The lowest BCUT2D eigenvalue weighted by atomic mass is 9.96. The number of amides is 1. The van der Waals surface area contributed by atoms with Crippen LogP contribution < -0.4 is 10.6 Å². The van der Waals surface area contributed by atoms with Crippen molar-refractivity contribution >= 4 is 5.91 Å². The third-order valence-electron chi connectivity index (χ3n) is 3.74. The minimum absolute atomic E-state index is 0.139. The number of hydrogen-bond donors (Lipinski definition) is 2. The van der Waals surface area contributed by atoms with E-state index < -0.39 is 0 Å². The Morgan fingerprint density at radius 1 is 1.35 bits per heavy atom. The van der Waals surface area contributed by atoms with Crippen LogP contribution in [0.25, 0.3) is 0 Å². The number of piperidine rings is 1. The number of hydrogen-bond acceptors (Lipinski definition) is 4. The van der Waals surface area contributed by atoms with E-state index in [2.05, 4.69) is 29.4 Å². The average Bonchev–Trinajstić information content (AvgIpc) is 2.43. The highest BCUT2D eigenvalue weighted by molar-refractivity contribution is 5.77. The van der Waals surface area contributed by atoms with Gasteiger partial charge in [-0.15, -0.1) is 0 Å². The molecule has 5 nitrogen and oxygen atoms in total. The molecular weight excluding hydrogens is 254 g/mol. The standard InChI is InChI=1S/C15H31N3O2/c1-13(2)17-11-14-5-8-18(9-6-14)12-15(19)16-7-4-10-20-3/h13-14,17H,4-12H2,1-3H3,(H,16,19). The maximum atomic E-state index is 11.8. The van der Waals surface area contributed by atoms with Crippen molar-refractivity contribution in [2.45, 2.75) is 39.2 Å². The molecule has 2 N–H and O–H groups in total. The van der Waals surface area contributed by atoms with Crippen molar-refractivity contribution in [1.29, 1.82) is 0 Å². The quantitative estimate of drug-likeness (QED) is 0.617. The monoisotopic (exact) mass is 285 g/mol. The average molecular weight is 285 g/mol. The van der Waals surface area contributed by atoms with Gasteiger partial charge in [0.25, 0.3) is 0 Å². The van der Waals surface area contributed by atoms with Gasteiger partial charge in [0.2, 0.25) is 5.91 Å². The Morgan fingerprint density at radius 2 is 2.05 bits per heavy atom. The molecule has 1 heterocycles. The molecule has 0 aliphatic carbocycles. The second-order valence-electron chi connectivity index (χ2n) is 5.98. The molecule has 20 heavy (non-hydrogen) atoms. The molecule has 0 aromatic rings. The summed E-state index contributed by atoms with van der Waals surface area (Å²) in [4.78, 5) is 14.0.